The summed E-state index contributed by atoms with van der Waals surface area (Å²) in [4.78, 5) is 29.5. The van der Waals surface area contributed by atoms with Crippen molar-refractivity contribution in [2.45, 2.75) is 55.8 Å². The Morgan fingerprint density at radius 3 is 2.11 bits per heavy atom. The summed E-state index contributed by atoms with van der Waals surface area (Å²) in [5.41, 5.74) is 2.96. The van der Waals surface area contributed by atoms with Crippen LogP contribution in [0.25, 0.3) is 0 Å². The Kier molecular flexibility index (Phi) is 10.3. The molecule has 4 aromatic carbocycles. The van der Waals surface area contributed by atoms with Crippen molar-refractivity contribution in [2.24, 2.45) is 0 Å². The first-order chi connectivity index (χ1) is 21.7. The fourth-order valence-corrected chi connectivity index (χ4v) is 6.27. The molecule has 0 aliphatic heterocycles. The number of carbonyl (C=O) groups is 2. The molecule has 0 bridgehead atoms. The van der Waals surface area contributed by atoms with Crippen LogP contribution in [0.5, 0.6) is 5.75 Å². The summed E-state index contributed by atoms with van der Waals surface area (Å²) in [6.07, 6.45) is 2.10. The van der Waals surface area contributed by atoms with Gasteiger partial charge in [0.25, 0.3) is 0 Å². The second-order valence-electron chi connectivity index (χ2n) is 11.1. The SMILES string of the molecule is COc1ccc(CNC(=O)C(c2ccccc2)N(Cc2ccc(F)cc2)C(=O)CCc2ccc(S(=O)(=O)NC3CC3)cc2)cc1. The maximum atomic E-state index is 14.0. The molecule has 0 heterocycles. The van der Waals surface area contributed by atoms with Gasteiger partial charge in [-0.05, 0) is 77.9 Å². The first-order valence-electron chi connectivity index (χ1n) is 14.8. The van der Waals surface area contributed by atoms with Crippen molar-refractivity contribution in [1.82, 2.24) is 14.9 Å². The van der Waals surface area contributed by atoms with Crippen LogP contribution in [0.2, 0.25) is 0 Å². The van der Waals surface area contributed by atoms with Crippen molar-refractivity contribution in [3.05, 3.63) is 131 Å². The normalized spacial score (nSPS) is 13.6. The molecule has 5 rings (SSSR count). The number of hydrogen-bond donors (Lipinski definition) is 2. The van der Waals surface area contributed by atoms with Crippen molar-refractivity contribution in [3.8, 4) is 5.75 Å². The Hall–Kier alpha value is -4.54. The van der Waals surface area contributed by atoms with Crippen LogP contribution in [0.3, 0.4) is 0 Å². The van der Waals surface area contributed by atoms with Crippen molar-refractivity contribution in [1.29, 1.82) is 0 Å². The van der Waals surface area contributed by atoms with E-state index in [9.17, 15) is 22.4 Å². The molecule has 1 fully saturated rings. The summed E-state index contributed by atoms with van der Waals surface area (Å²) in [5, 5.41) is 2.98. The molecular formula is C35H36FN3O5S. The number of carbonyl (C=O) groups excluding carboxylic acids is 2. The van der Waals surface area contributed by atoms with Gasteiger partial charge in [-0.15, -0.1) is 0 Å². The van der Waals surface area contributed by atoms with Crippen LogP contribution in [0.4, 0.5) is 4.39 Å². The summed E-state index contributed by atoms with van der Waals surface area (Å²) in [6.45, 7) is 0.328. The van der Waals surface area contributed by atoms with Gasteiger partial charge in [0.1, 0.15) is 17.6 Å². The molecule has 1 unspecified atom stereocenters. The lowest BCUT2D eigenvalue weighted by Crippen LogP contribution is -2.43. The maximum absolute atomic E-state index is 14.0. The zero-order chi connectivity index (χ0) is 31.8. The lowest BCUT2D eigenvalue weighted by atomic mass is 10.0. The Morgan fingerprint density at radius 1 is 0.867 bits per heavy atom. The number of methoxy groups -OCH3 is 1. The van der Waals surface area contributed by atoms with Crippen molar-refractivity contribution >= 4 is 21.8 Å². The van der Waals surface area contributed by atoms with Crippen LogP contribution in [-0.4, -0.2) is 38.3 Å². The number of sulfonamides is 1. The molecular weight excluding hydrogens is 593 g/mol. The summed E-state index contributed by atoms with van der Waals surface area (Å²) in [6, 6.07) is 27.8. The van der Waals surface area contributed by atoms with E-state index in [2.05, 4.69) is 10.0 Å². The van der Waals surface area contributed by atoms with E-state index in [1.807, 2.05) is 42.5 Å². The molecule has 8 nitrogen and oxygen atoms in total. The minimum Gasteiger partial charge on any atom is -0.497 e. The third-order valence-corrected chi connectivity index (χ3v) is 9.18. The largest absolute Gasteiger partial charge is 0.497 e. The Balaban J connectivity index is 1.36. The highest BCUT2D eigenvalue weighted by Gasteiger charge is 2.32. The fourth-order valence-electron chi connectivity index (χ4n) is 4.97. The topological polar surface area (TPSA) is 105 Å². The molecule has 10 heteroatoms. The number of hydrogen-bond acceptors (Lipinski definition) is 5. The number of halogens is 1. The first-order valence-corrected chi connectivity index (χ1v) is 16.3. The molecule has 0 spiro atoms. The van der Waals surface area contributed by atoms with Gasteiger partial charge in [-0.25, -0.2) is 17.5 Å². The van der Waals surface area contributed by atoms with Crippen LogP contribution >= 0.6 is 0 Å². The highest BCUT2D eigenvalue weighted by Crippen LogP contribution is 2.26. The minimum atomic E-state index is -3.58. The molecule has 1 aliphatic rings. The van der Waals surface area contributed by atoms with E-state index in [0.29, 0.717) is 23.3 Å². The summed E-state index contributed by atoms with van der Waals surface area (Å²) < 4.78 is 46.7. The molecule has 0 aromatic heterocycles. The van der Waals surface area contributed by atoms with E-state index in [4.69, 9.17) is 4.74 Å². The maximum Gasteiger partial charge on any atom is 0.247 e. The van der Waals surface area contributed by atoms with E-state index in [-0.39, 0.29) is 42.3 Å². The third kappa shape index (κ3) is 8.77. The van der Waals surface area contributed by atoms with Crippen molar-refractivity contribution in [2.75, 3.05) is 7.11 Å². The smallest absolute Gasteiger partial charge is 0.247 e. The average Bonchev–Trinajstić information content (AvgIpc) is 3.87. The van der Waals surface area contributed by atoms with Gasteiger partial charge in [0.05, 0.1) is 12.0 Å². The predicted octanol–water partition coefficient (Wildman–Crippen LogP) is 5.29. The molecule has 2 N–H and O–H groups in total. The quantitative estimate of drug-likeness (QED) is 0.197. The third-order valence-electron chi connectivity index (χ3n) is 7.65. The molecule has 0 radical (unpaired) electrons. The molecule has 234 valence electrons. The van der Waals surface area contributed by atoms with E-state index in [1.54, 1.807) is 55.6 Å². The monoisotopic (exact) mass is 629 g/mol. The van der Waals surface area contributed by atoms with Crippen molar-refractivity contribution < 1.29 is 27.1 Å². The van der Waals surface area contributed by atoms with Gasteiger partial charge in [0.15, 0.2) is 0 Å². The number of aryl methyl sites for hydroxylation is 1. The summed E-state index contributed by atoms with van der Waals surface area (Å²) >= 11 is 0. The zero-order valence-corrected chi connectivity index (χ0v) is 25.8. The van der Waals surface area contributed by atoms with E-state index in [0.717, 1.165) is 24.0 Å². The van der Waals surface area contributed by atoms with Gasteiger partial charge in [0, 0.05) is 25.6 Å². The summed E-state index contributed by atoms with van der Waals surface area (Å²) in [7, 11) is -2.00. The molecule has 0 saturated heterocycles. The number of amides is 2. The minimum absolute atomic E-state index is 0.00496. The number of rotatable bonds is 14. The van der Waals surface area contributed by atoms with Gasteiger partial charge < -0.3 is 15.0 Å². The van der Waals surface area contributed by atoms with Crippen LogP contribution in [0.15, 0.2) is 108 Å². The highest BCUT2D eigenvalue weighted by molar-refractivity contribution is 7.89. The molecule has 1 aliphatic carbocycles. The Morgan fingerprint density at radius 2 is 1.49 bits per heavy atom. The van der Waals surface area contributed by atoms with Gasteiger partial charge in [-0.1, -0.05) is 66.7 Å². The number of nitrogens with zero attached hydrogens (tertiary/aromatic N) is 1. The second kappa shape index (κ2) is 14.5. The van der Waals surface area contributed by atoms with Gasteiger partial charge in [0.2, 0.25) is 21.8 Å². The molecule has 45 heavy (non-hydrogen) atoms. The first kappa shape index (κ1) is 31.9. The van der Waals surface area contributed by atoms with Crippen LogP contribution in [0.1, 0.15) is 47.6 Å². The molecule has 4 aromatic rings. The average molecular weight is 630 g/mol. The van der Waals surface area contributed by atoms with Crippen molar-refractivity contribution in [3.63, 3.8) is 0 Å². The number of nitrogens with one attached hydrogen (secondary N) is 2. The van der Waals surface area contributed by atoms with Gasteiger partial charge >= 0.3 is 0 Å². The lowest BCUT2D eigenvalue weighted by molar-refractivity contribution is -0.141. The summed E-state index contributed by atoms with van der Waals surface area (Å²) in [5.74, 6) is -0.328. The number of ether oxygens (including phenoxy) is 1. The standard InChI is InChI=1S/C35H36FN3O5S/c1-44-31-18-9-26(10-19-31)23-37-35(41)34(28-5-3-2-4-6-28)39(24-27-7-14-29(36)15-8-27)33(40)22-13-25-11-20-32(21-12-25)45(42,43)38-30-16-17-30/h2-12,14-15,18-21,30,34,38H,13,16-17,22-24H2,1H3,(H,37,41). The predicted molar refractivity (Wildman–Crippen MR) is 169 cm³/mol. The zero-order valence-electron chi connectivity index (χ0n) is 25.0. The van der Waals surface area contributed by atoms with E-state index >= 15 is 0 Å². The molecule has 1 atom stereocenters. The number of benzene rings is 4. The van der Waals surface area contributed by atoms with Crippen LogP contribution in [-0.2, 0) is 39.1 Å². The highest BCUT2D eigenvalue weighted by atomic mass is 32.2. The van der Waals surface area contributed by atoms with E-state index < -0.39 is 21.9 Å². The van der Waals surface area contributed by atoms with Gasteiger partial charge in [-0.3, -0.25) is 9.59 Å². The van der Waals surface area contributed by atoms with Crippen LogP contribution in [0, 0.1) is 5.82 Å². The lowest BCUT2D eigenvalue weighted by Gasteiger charge is -2.32. The van der Waals surface area contributed by atoms with Gasteiger partial charge in [-0.2, -0.15) is 0 Å². The van der Waals surface area contributed by atoms with E-state index in [1.165, 1.54) is 17.0 Å². The molecule has 1 saturated carbocycles. The fraction of sp³-hybridized carbons (Fsp3) is 0.257. The Labute approximate surface area is 263 Å². The Bertz CT molecular complexity index is 1690. The second-order valence-corrected chi connectivity index (χ2v) is 12.8. The molecule has 2 amide bonds. The van der Waals surface area contributed by atoms with Crippen LogP contribution < -0.4 is 14.8 Å².